The van der Waals surface area contributed by atoms with Crippen LogP contribution >= 0.6 is 0 Å². The number of esters is 1. The summed E-state index contributed by atoms with van der Waals surface area (Å²) in [5, 5.41) is 0. The van der Waals surface area contributed by atoms with Crippen LogP contribution in [0.1, 0.15) is 33.3 Å². The number of Topliss-reactive ketones (excluding diaryl/α,β-unsaturated/α-hetero) is 1. The number of rotatable bonds is 2. The maximum atomic E-state index is 11.3. The Morgan fingerprint density at radius 3 is 2.40 bits per heavy atom. The SMILES string of the molecule is COC(=O)c1cc(C(C)=O)c(=O)[nH]c1C. The Morgan fingerprint density at radius 1 is 1.33 bits per heavy atom. The summed E-state index contributed by atoms with van der Waals surface area (Å²) in [6.07, 6.45) is 0. The van der Waals surface area contributed by atoms with Crippen molar-refractivity contribution in [3.63, 3.8) is 0 Å². The molecule has 0 amide bonds. The lowest BCUT2D eigenvalue weighted by Crippen LogP contribution is -2.20. The Morgan fingerprint density at radius 2 is 1.93 bits per heavy atom. The second kappa shape index (κ2) is 4.08. The highest BCUT2D eigenvalue weighted by atomic mass is 16.5. The van der Waals surface area contributed by atoms with E-state index in [-0.39, 0.29) is 16.9 Å². The Balaban J connectivity index is 3.43. The highest BCUT2D eigenvalue weighted by molar-refractivity contribution is 5.97. The van der Waals surface area contributed by atoms with Gasteiger partial charge in [0.2, 0.25) is 0 Å². The number of pyridine rings is 1. The quantitative estimate of drug-likeness (QED) is 0.573. The van der Waals surface area contributed by atoms with Gasteiger partial charge in [0.05, 0.1) is 18.2 Å². The third kappa shape index (κ3) is 2.12. The van der Waals surface area contributed by atoms with Crippen molar-refractivity contribution < 1.29 is 14.3 Å². The summed E-state index contributed by atoms with van der Waals surface area (Å²) < 4.78 is 4.52. The summed E-state index contributed by atoms with van der Waals surface area (Å²) in [6, 6.07) is 1.25. The maximum absolute atomic E-state index is 11.3. The lowest BCUT2D eigenvalue weighted by molar-refractivity contribution is 0.0599. The predicted octanol–water partition coefficient (Wildman–Crippen LogP) is 0.673. The van der Waals surface area contributed by atoms with Crippen molar-refractivity contribution in [3.8, 4) is 0 Å². The van der Waals surface area contributed by atoms with Gasteiger partial charge in [0.25, 0.3) is 5.56 Å². The van der Waals surface area contributed by atoms with Crippen molar-refractivity contribution in [1.29, 1.82) is 0 Å². The van der Waals surface area contributed by atoms with Crippen LogP contribution in [0.2, 0.25) is 0 Å². The number of ether oxygens (including phenoxy) is 1. The van der Waals surface area contributed by atoms with E-state index in [1.165, 1.54) is 20.1 Å². The van der Waals surface area contributed by atoms with E-state index in [2.05, 4.69) is 9.72 Å². The number of aromatic nitrogens is 1. The second-order valence-corrected chi connectivity index (χ2v) is 3.10. The van der Waals surface area contributed by atoms with Crippen LogP contribution in [-0.4, -0.2) is 23.8 Å². The van der Waals surface area contributed by atoms with Crippen molar-refractivity contribution in [2.45, 2.75) is 13.8 Å². The van der Waals surface area contributed by atoms with Crippen LogP contribution in [0.5, 0.6) is 0 Å². The third-order valence-electron chi connectivity index (χ3n) is 2.02. The number of hydrogen-bond donors (Lipinski definition) is 1. The zero-order valence-corrected chi connectivity index (χ0v) is 8.71. The summed E-state index contributed by atoms with van der Waals surface area (Å²) in [4.78, 5) is 36.1. The molecule has 0 unspecified atom stereocenters. The van der Waals surface area contributed by atoms with E-state index >= 15 is 0 Å². The summed E-state index contributed by atoms with van der Waals surface area (Å²) in [7, 11) is 1.24. The van der Waals surface area contributed by atoms with E-state index in [0.29, 0.717) is 5.69 Å². The topological polar surface area (TPSA) is 76.2 Å². The largest absolute Gasteiger partial charge is 0.465 e. The normalized spacial score (nSPS) is 9.80. The molecule has 1 aromatic heterocycles. The highest BCUT2D eigenvalue weighted by Gasteiger charge is 2.14. The summed E-state index contributed by atoms with van der Waals surface area (Å²) in [6.45, 7) is 2.83. The van der Waals surface area contributed by atoms with Gasteiger partial charge in [-0.1, -0.05) is 0 Å². The maximum Gasteiger partial charge on any atom is 0.339 e. The molecule has 80 valence electrons. The van der Waals surface area contributed by atoms with Gasteiger partial charge in [-0.25, -0.2) is 4.79 Å². The van der Waals surface area contributed by atoms with Crippen molar-refractivity contribution in [1.82, 2.24) is 4.98 Å². The first-order valence-electron chi connectivity index (χ1n) is 4.30. The molecule has 0 saturated heterocycles. The Labute approximate surface area is 86.1 Å². The molecule has 1 rings (SSSR count). The van der Waals surface area contributed by atoms with Gasteiger partial charge in [-0.15, -0.1) is 0 Å². The Hall–Kier alpha value is -1.91. The average Bonchev–Trinajstić information content (AvgIpc) is 2.16. The van der Waals surface area contributed by atoms with Crippen molar-refractivity contribution in [2.24, 2.45) is 0 Å². The zero-order valence-electron chi connectivity index (χ0n) is 8.71. The fraction of sp³-hybridized carbons (Fsp3) is 0.300. The lowest BCUT2D eigenvalue weighted by Gasteiger charge is -2.04. The first-order chi connectivity index (χ1) is 6.97. The molecule has 0 atom stereocenters. The number of aryl methyl sites for hydroxylation is 1. The zero-order chi connectivity index (χ0) is 11.6. The monoisotopic (exact) mass is 209 g/mol. The van der Waals surface area contributed by atoms with Gasteiger partial charge in [-0.2, -0.15) is 0 Å². The second-order valence-electron chi connectivity index (χ2n) is 3.10. The van der Waals surface area contributed by atoms with Crippen LogP contribution in [0.15, 0.2) is 10.9 Å². The number of aromatic amines is 1. The van der Waals surface area contributed by atoms with Crippen molar-refractivity contribution in [2.75, 3.05) is 7.11 Å². The average molecular weight is 209 g/mol. The van der Waals surface area contributed by atoms with Gasteiger partial charge in [-0.05, 0) is 19.9 Å². The van der Waals surface area contributed by atoms with E-state index in [1.807, 2.05) is 0 Å². The molecule has 0 bridgehead atoms. The van der Waals surface area contributed by atoms with Gasteiger partial charge in [0, 0.05) is 5.69 Å². The number of ketones is 1. The molecule has 5 nitrogen and oxygen atoms in total. The number of carbonyl (C=O) groups is 2. The van der Waals surface area contributed by atoms with Gasteiger partial charge in [0.1, 0.15) is 0 Å². The van der Waals surface area contributed by atoms with Gasteiger partial charge in [-0.3, -0.25) is 9.59 Å². The summed E-state index contributed by atoms with van der Waals surface area (Å²) >= 11 is 0. The Kier molecular flexibility index (Phi) is 3.04. The van der Waals surface area contributed by atoms with Crippen LogP contribution in [0.3, 0.4) is 0 Å². The van der Waals surface area contributed by atoms with E-state index in [4.69, 9.17) is 0 Å². The molecule has 0 saturated carbocycles. The molecule has 0 aromatic carbocycles. The first-order valence-corrected chi connectivity index (χ1v) is 4.30. The van der Waals surface area contributed by atoms with Gasteiger partial charge in [0.15, 0.2) is 5.78 Å². The first kappa shape index (κ1) is 11.2. The minimum absolute atomic E-state index is 0.0407. The molecule has 1 heterocycles. The molecule has 0 aliphatic heterocycles. The van der Waals surface area contributed by atoms with Crippen LogP contribution in [0.4, 0.5) is 0 Å². The molecule has 0 spiro atoms. The molecular weight excluding hydrogens is 198 g/mol. The molecular formula is C10H11NO4. The standard InChI is InChI=1S/C10H11NO4/c1-5-7(10(14)15-3)4-8(6(2)12)9(13)11-5/h4H,1-3H3,(H,11,13). The Bertz CT molecular complexity index is 473. The number of hydrogen-bond acceptors (Lipinski definition) is 4. The summed E-state index contributed by atoms with van der Waals surface area (Å²) in [5.41, 5.74) is 0.0489. The van der Waals surface area contributed by atoms with Gasteiger partial charge < -0.3 is 9.72 Å². The van der Waals surface area contributed by atoms with E-state index in [1.54, 1.807) is 6.92 Å². The summed E-state index contributed by atoms with van der Waals surface area (Å²) in [5.74, 6) is -0.965. The van der Waals surface area contributed by atoms with Crippen molar-refractivity contribution >= 4 is 11.8 Å². The van der Waals surface area contributed by atoms with E-state index < -0.39 is 11.5 Å². The molecule has 1 aromatic rings. The van der Waals surface area contributed by atoms with E-state index in [9.17, 15) is 14.4 Å². The molecule has 0 fully saturated rings. The number of methoxy groups -OCH3 is 1. The molecule has 15 heavy (non-hydrogen) atoms. The number of carbonyl (C=O) groups excluding carboxylic acids is 2. The predicted molar refractivity (Wildman–Crippen MR) is 53.1 cm³/mol. The van der Waals surface area contributed by atoms with Crippen molar-refractivity contribution in [3.05, 3.63) is 33.2 Å². The molecule has 0 aliphatic rings. The van der Waals surface area contributed by atoms with E-state index in [0.717, 1.165) is 0 Å². The smallest absolute Gasteiger partial charge is 0.339 e. The molecule has 0 radical (unpaired) electrons. The molecule has 5 heteroatoms. The third-order valence-corrected chi connectivity index (χ3v) is 2.02. The van der Waals surface area contributed by atoms with Crippen LogP contribution in [-0.2, 0) is 4.74 Å². The fourth-order valence-corrected chi connectivity index (χ4v) is 1.21. The lowest BCUT2D eigenvalue weighted by atomic mass is 10.1. The minimum Gasteiger partial charge on any atom is -0.465 e. The van der Waals surface area contributed by atoms with Crippen LogP contribution in [0, 0.1) is 6.92 Å². The van der Waals surface area contributed by atoms with Crippen LogP contribution < -0.4 is 5.56 Å². The molecule has 0 aliphatic carbocycles. The molecule has 1 N–H and O–H groups in total. The number of nitrogens with one attached hydrogen (secondary N) is 1. The van der Waals surface area contributed by atoms with Gasteiger partial charge >= 0.3 is 5.97 Å². The number of H-pyrrole nitrogens is 1. The highest BCUT2D eigenvalue weighted by Crippen LogP contribution is 2.06. The fourth-order valence-electron chi connectivity index (χ4n) is 1.21. The minimum atomic E-state index is -0.578. The van der Waals surface area contributed by atoms with Crippen LogP contribution in [0.25, 0.3) is 0 Å².